The first-order valence-corrected chi connectivity index (χ1v) is 6.08. The van der Waals surface area contributed by atoms with Gasteiger partial charge in [0, 0.05) is 18.9 Å². The van der Waals surface area contributed by atoms with E-state index in [1.54, 1.807) is 0 Å². The molecule has 0 unspecified atom stereocenters. The van der Waals surface area contributed by atoms with Gasteiger partial charge in [-0.2, -0.15) is 8.78 Å². The molecule has 0 amide bonds. The van der Waals surface area contributed by atoms with Crippen molar-refractivity contribution in [1.82, 2.24) is 9.97 Å². The van der Waals surface area contributed by atoms with Crippen molar-refractivity contribution >= 4 is 9.84 Å². The van der Waals surface area contributed by atoms with E-state index in [2.05, 4.69) is 9.97 Å². The molecule has 1 heterocycles. The third-order valence-corrected chi connectivity index (χ3v) is 2.64. The van der Waals surface area contributed by atoms with Crippen molar-refractivity contribution in [3.63, 3.8) is 0 Å². The van der Waals surface area contributed by atoms with Crippen LogP contribution in [0, 0.1) is 0 Å². The molecule has 4 nitrogen and oxygen atoms in total. The Morgan fingerprint density at radius 2 is 2.07 bits per heavy atom. The summed E-state index contributed by atoms with van der Waals surface area (Å²) in [6.45, 7) is 1.29. The molecule has 7 heteroatoms. The molecule has 0 aliphatic rings. The number of halogens is 2. The van der Waals surface area contributed by atoms with Crippen LogP contribution in [0.25, 0.3) is 0 Å². The van der Waals surface area contributed by atoms with Gasteiger partial charge in [-0.1, -0.05) is 6.92 Å². The summed E-state index contributed by atoms with van der Waals surface area (Å²) in [7, 11) is -3.65. The predicted octanol–water partition coefficient (Wildman–Crippen LogP) is 1.38. The number of nitrogens with zero attached hydrogens (tertiary/aromatic N) is 2. The molecular weight excluding hydrogens is 226 g/mol. The maximum Gasteiger partial charge on any atom is 0.289 e. The zero-order valence-corrected chi connectivity index (χ0v) is 9.05. The van der Waals surface area contributed by atoms with Crippen LogP contribution in [-0.4, -0.2) is 24.6 Å². The van der Waals surface area contributed by atoms with Crippen molar-refractivity contribution in [2.24, 2.45) is 0 Å². The van der Waals surface area contributed by atoms with Gasteiger partial charge >= 0.3 is 0 Å². The lowest BCUT2D eigenvalue weighted by atomic mass is 10.2. The minimum absolute atomic E-state index is 0.437. The lowest BCUT2D eigenvalue weighted by molar-refractivity contribution is -0.0135. The Labute approximate surface area is 86.3 Å². The fraction of sp³-hybridized carbons (Fsp3) is 0.500. The van der Waals surface area contributed by atoms with E-state index >= 15 is 0 Å². The molecule has 1 rings (SSSR count). The van der Waals surface area contributed by atoms with Gasteiger partial charge in [0.05, 0.1) is 0 Å². The molecule has 0 aromatic carbocycles. The SMILES string of the molecule is CCC(F)(F)c1ccnc(S(C)(=O)=O)n1. The second kappa shape index (κ2) is 3.80. The van der Waals surface area contributed by atoms with Crippen LogP contribution in [0.1, 0.15) is 19.0 Å². The van der Waals surface area contributed by atoms with E-state index in [4.69, 9.17) is 0 Å². The Hall–Kier alpha value is -1.11. The molecule has 0 saturated heterocycles. The summed E-state index contributed by atoms with van der Waals surface area (Å²) in [4.78, 5) is 6.76. The molecule has 1 aromatic heterocycles. The van der Waals surface area contributed by atoms with E-state index in [1.807, 2.05) is 0 Å². The molecule has 0 spiro atoms. The number of aromatic nitrogens is 2. The average Bonchev–Trinajstić information content (AvgIpc) is 2.17. The molecule has 0 bridgehead atoms. The van der Waals surface area contributed by atoms with Gasteiger partial charge in [-0.15, -0.1) is 0 Å². The highest BCUT2D eigenvalue weighted by Gasteiger charge is 2.31. The maximum absolute atomic E-state index is 13.2. The van der Waals surface area contributed by atoms with Crippen LogP contribution in [0.4, 0.5) is 8.78 Å². The van der Waals surface area contributed by atoms with Crippen molar-refractivity contribution in [2.75, 3.05) is 6.26 Å². The lowest BCUT2D eigenvalue weighted by Crippen LogP contribution is -2.16. The minimum atomic E-state index is -3.65. The monoisotopic (exact) mass is 236 g/mol. The molecule has 0 aliphatic carbocycles. The van der Waals surface area contributed by atoms with Crippen LogP contribution in [0.15, 0.2) is 17.4 Å². The third-order valence-electron chi connectivity index (χ3n) is 1.78. The van der Waals surface area contributed by atoms with Crippen molar-refractivity contribution in [2.45, 2.75) is 24.4 Å². The molecule has 0 saturated carbocycles. The van der Waals surface area contributed by atoms with Gasteiger partial charge in [0.25, 0.3) is 5.92 Å². The average molecular weight is 236 g/mol. The standard InChI is InChI=1S/C8H10F2N2O2S/c1-3-8(9,10)6-4-5-11-7(12-6)15(2,13)14/h4-5H,3H2,1-2H3. The van der Waals surface area contributed by atoms with Gasteiger partial charge in [-0.05, 0) is 6.07 Å². The number of rotatable bonds is 3. The van der Waals surface area contributed by atoms with E-state index in [9.17, 15) is 17.2 Å². The highest BCUT2D eigenvalue weighted by molar-refractivity contribution is 7.90. The number of hydrogen-bond acceptors (Lipinski definition) is 4. The molecule has 84 valence electrons. The van der Waals surface area contributed by atoms with Gasteiger partial charge in [0.15, 0.2) is 0 Å². The van der Waals surface area contributed by atoms with E-state index in [1.165, 1.54) is 6.92 Å². The van der Waals surface area contributed by atoms with Crippen LogP contribution < -0.4 is 0 Å². The molecule has 0 aliphatic heterocycles. The molecule has 0 fully saturated rings. The minimum Gasteiger partial charge on any atom is -0.227 e. The van der Waals surface area contributed by atoms with Gasteiger partial charge in [-0.25, -0.2) is 18.4 Å². The van der Waals surface area contributed by atoms with Crippen LogP contribution >= 0.6 is 0 Å². The Morgan fingerprint density at radius 1 is 1.47 bits per heavy atom. The zero-order valence-electron chi connectivity index (χ0n) is 8.24. The summed E-state index contributed by atoms with van der Waals surface area (Å²) in [5.41, 5.74) is -0.569. The largest absolute Gasteiger partial charge is 0.289 e. The van der Waals surface area contributed by atoms with Crippen LogP contribution in [-0.2, 0) is 15.8 Å². The van der Waals surface area contributed by atoms with E-state index < -0.39 is 33.0 Å². The summed E-state index contributed by atoms with van der Waals surface area (Å²) in [5.74, 6) is -3.12. The van der Waals surface area contributed by atoms with Crippen molar-refractivity contribution in [3.8, 4) is 0 Å². The molecule has 15 heavy (non-hydrogen) atoms. The van der Waals surface area contributed by atoms with E-state index in [0.717, 1.165) is 18.5 Å². The second-order valence-corrected chi connectivity index (χ2v) is 4.96. The highest BCUT2D eigenvalue weighted by atomic mass is 32.2. The molecule has 0 atom stereocenters. The van der Waals surface area contributed by atoms with Crippen LogP contribution in [0.2, 0.25) is 0 Å². The number of alkyl halides is 2. The summed E-state index contributed by atoms with van der Waals surface area (Å²) >= 11 is 0. The molecule has 1 aromatic rings. The van der Waals surface area contributed by atoms with Gasteiger partial charge in [0.1, 0.15) is 5.69 Å². The van der Waals surface area contributed by atoms with Crippen molar-refractivity contribution in [3.05, 3.63) is 18.0 Å². The smallest absolute Gasteiger partial charge is 0.227 e. The number of hydrogen-bond donors (Lipinski definition) is 0. The van der Waals surface area contributed by atoms with Crippen molar-refractivity contribution < 1.29 is 17.2 Å². The first kappa shape index (κ1) is 12.0. The zero-order chi connectivity index (χ0) is 11.7. The lowest BCUT2D eigenvalue weighted by Gasteiger charge is -2.12. The predicted molar refractivity (Wildman–Crippen MR) is 49.3 cm³/mol. The Bertz CT molecular complexity index is 459. The highest BCUT2D eigenvalue weighted by Crippen LogP contribution is 2.29. The fourth-order valence-corrected chi connectivity index (χ4v) is 1.42. The van der Waals surface area contributed by atoms with E-state index in [0.29, 0.717) is 0 Å². The van der Waals surface area contributed by atoms with Gasteiger partial charge < -0.3 is 0 Å². The Morgan fingerprint density at radius 3 is 2.53 bits per heavy atom. The number of sulfone groups is 1. The summed E-state index contributed by atoms with van der Waals surface area (Å²) in [6.07, 6.45) is 1.45. The summed E-state index contributed by atoms with van der Waals surface area (Å²) in [6, 6.07) is 1.01. The fourth-order valence-electron chi connectivity index (χ4n) is 0.904. The molecule has 0 radical (unpaired) electrons. The normalized spacial score (nSPS) is 12.8. The third kappa shape index (κ3) is 2.68. The first-order valence-electron chi connectivity index (χ1n) is 4.19. The first-order chi connectivity index (χ1) is 6.77. The van der Waals surface area contributed by atoms with E-state index in [-0.39, 0.29) is 0 Å². The van der Waals surface area contributed by atoms with Crippen molar-refractivity contribution in [1.29, 1.82) is 0 Å². The summed E-state index contributed by atoms with van der Waals surface area (Å²) in [5, 5.41) is -0.576. The van der Waals surface area contributed by atoms with Gasteiger partial charge in [-0.3, -0.25) is 0 Å². The Kier molecular flexibility index (Phi) is 3.03. The summed E-state index contributed by atoms with van der Waals surface area (Å²) < 4.78 is 48.4. The molecule has 0 N–H and O–H groups in total. The van der Waals surface area contributed by atoms with Crippen LogP contribution in [0.5, 0.6) is 0 Å². The Balaban J connectivity index is 3.26. The molecular formula is C8H10F2N2O2S. The van der Waals surface area contributed by atoms with Gasteiger partial charge in [0.2, 0.25) is 15.0 Å². The maximum atomic E-state index is 13.2. The van der Waals surface area contributed by atoms with Crippen LogP contribution in [0.3, 0.4) is 0 Å². The second-order valence-electron chi connectivity index (χ2n) is 3.05. The topological polar surface area (TPSA) is 59.9 Å². The quantitative estimate of drug-likeness (QED) is 0.744.